The molecule has 0 bridgehead atoms. The van der Waals surface area contributed by atoms with Crippen LogP contribution in [0.15, 0.2) is 29.1 Å². The lowest BCUT2D eigenvalue weighted by molar-refractivity contribution is -0.137. The maximum Gasteiger partial charge on any atom is 0.416 e. The number of nitrogens with one attached hydrogen (secondary N) is 2. The van der Waals surface area contributed by atoms with Gasteiger partial charge < -0.3 is 10.3 Å². The van der Waals surface area contributed by atoms with E-state index in [-0.39, 0.29) is 24.3 Å². The third kappa shape index (κ3) is 4.12. The van der Waals surface area contributed by atoms with Crippen molar-refractivity contribution in [1.29, 1.82) is 0 Å². The number of halogens is 3. The number of carbonyl (C=O) groups is 1. The Hall–Kier alpha value is -2.68. The fourth-order valence-corrected chi connectivity index (χ4v) is 5.06. The number of benzene rings is 1. The molecule has 4 rings (SSSR count). The van der Waals surface area contributed by atoms with Crippen LogP contribution in [0.2, 0.25) is 0 Å². The van der Waals surface area contributed by atoms with Gasteiger partial charge in [0.05, 0.1) is 17.0 Å². The number of H-pyrrole nitrogens is 1. The van der Waals surface area contributed by atoms with Gasteiger partial charge in [-0.3, -0.25) is 9.59 Å². The highest BCUT2D eigenvalue weighted by molar-refractivity contribution is 7.18. The van der Waals surface area contributed by atoms with Gasteiger partial charge in [-0.2, -0.15) is 13.2 Å². The molecule has 0 spiro atoms. The number of aromatic nitrogens is 2. The number of rotatable bonds is 5. The number of aromatic amines is 1. The molecular weight excluding hydrogens is 415 g/mol. The number of carbonyl (C=O) groups excluding carboxylic acids is 1. The van der Waals surface area contributed by atoms with Crippen molar-refractivity contribution in [3.8, 4) is 0 Å². The second-order valence-corrected chi connectivity index (χ2v) is 8.55. The molecule has 9 heteroatoms. The second kappa shape index (κ2) is 7.86. The zero-order chi connectivity index (χ0) is 21.5. The number of thiophene rings is 1. The van der Waals surface area contributed by atoms with Crippen molar-refractivity contribution in [2.45, 2.75) is 51.2 Å². The van der Waals surface area contributed by atoms with Gasteiger partial charge in [0.2, 0.25) is 5.91 Å². The lowest BCUT2D eigenvalue weighted by Gasteiger charge is -2.16. The summed E-state index contributed by atoms with van der Waals surface area (Å²) in [5, 5.41) is 3.37. The van der Waals surface area contributed by atoms with E-state index in [1.165, 1.54) is 22.3 Å². The Morgan fingerprint density at radius 3 is 2.90 bits per heavy atom. The average Bonchev–Trinajstić information content (AvgIpc) is 3.26. The number of amides is 1. The zero-order valence-corrected chi connectivity index (χ0v) is 17.0. The number of alkyl halides is 3. The third-order valence-corrected chi connectivity index (χ3v) is 6.49. The first-order chi connectivity index (χ1) is 14.2. The van der Waals surface area contributed by atoms with Crippen LogP contribution in [0.25, 0.3) is 10.2 Å². The molecular formula is C21H20F3N3O2S. The molecule has 1 aliphatic carbocycles. The molecule has 3 aromatic rings. The van der Waals surface area contributed by atoms with Gasteiger partial charge in [-0.05, 0) is 49.4 Å². The van der Waals surface area contributed by atoms with Crippen LogP contribution in [0.3, 0.4) is 0 Å². The van der Waals surface area contributed by atoms with Crippen LogP contribution in [0.5, 0.6) is 0 Å². The Morgan fingerprint density at radius 1 is 1.33 bits per heavy atom. The maximum atomic E-state index is 12.9. The van der Waals surface area contributed by atoms with Crippen LogP contribution in [-0.4, -0.2) is 15.9 Å². The molecule has 1 aromatic carbocycles. The van der Waals surface area contributed by atoms with Gasteiger partial charge in [-0.1, -0.05) is 12.1 Å². The van der Waals surface area contributed by atoms with Gasteiger partial charge in [0.15, 0.2) is 0 Å². The molecule has 0 fully saturated rings. The van der Waals surface area contributed by atoms with Gasteiger partial charge in [0, 0.05) is 17.7 Å². The molecule has 1 unspecified atom stereocenters. The Balaban J connectivity index is 1.41. The molecule has 0 saturated carbocycles. The molecule has 2 heterocycles. The standard InChI is InChI=1S/C21H20F3N3O2S/c1-11(12-4-2-5-13(10-12)21(22,23)24)25-17(28)9-8-16-26-19(29)18-14-6-3-7-15(14)30-20(18)27-16/h2,4-5,10-11H,3,6-9H2,1H3,(H,25,28)(H,26,27,29). The monoisotopic (exact) mass is 435 g/mol. The van der Waals surface area contributed by atoms with Gasteiger partial charge in [-0.25, -0.2) is 4.98 Å². The molecule has 1 atom stereocenters. The molecule has 0 saturated heterocycles. The molecule has 2 aromatic heterocycles. The van der Waals surface area contributed by atoms with Crippen LogP contribution in [-0.2, 0) is 30.2 Å². The smallest absolute Gasteiger partial charge is 0.350 e. The topological polar surface area (TPSA) is 74.8 Å². The van der Waals surface area contributed by atoms with Crippen LogP contribution in [0, 0.1) is 0 Å². The van der Waals surface area contributed by atoms with Crippen molar-refractivity contribution in [3.63, 3.8) is 0 Å². The average molecular weight is 435 g/mol. The summed E-state index contributed by atoms with van der Waals surface area (Å²) in [4.78, 5) is 33.9. The van der Waals surface area contributed by atoms with Crippen LogP contribution in [0.1, 0.15) is 53.2 Å². The van der Waals surface area contributed by atoms with Crippen molar-refractivity contribution in [3.05, 3.63) is 62.0 Å². The molecule has 1 aliphatic rings. The van der Waals surface area contributed by atoms with E-state index in [2.05, 4.69) is 15.3 Å². The summed E-state index contributed by atoms with van der Waals surface area (Å²) < 4.78 is 38.6. The quantitative estimate of drug-likeness (QED) is 0.628. The Kier molecular flexibility index (Phi) is 5.40. The number of aryl methyl sites for hydroxylation is 3. The lowest BCUT2D eigenvalue weighted by Crippen LogP contribution is -2.27. The normalized spacial score (nSPS) is 14.7. The van der Waals surface area contributed by atoms with Crippen LogP contribution >= 0.6 is 11.3 Å². The van der Waals surface area contributed by atoms with E-state index in [0.29, 0.717) is 21.6 Å². The summed E-state index contributed by atoms with van der Waals surface area (Å²) in [5.74, 6) is 0.116. The van der Waals surface area contributed by atoms with Crippen molar-refractivity contribution in [2.75, 3.05) is 0 Å². The highest BCUT2D eigenvalue weighted by Gasteiger charge is 2.30. The van der Waals surface area contributed by atoms with Crippen LogP contribution in [0.4, 0.5) is 13.2 Å². The summed E-state index contributed by atoms with van der Waals surface area (Å²) in [6, 6.07) is 4.33. The summed E-state index contributed by atoms with van der Waals surface area (Å²) in [7, 11) is 0. The maximum absolute atomic E-state index is 12.9. The van der Waals surface area contributed by atoms with E-state index < -0.39 is 17.8 Å². The molecule has 2 N–H and O–H groups in total. The van der Waals surface area contributed by atoms with E-state index in [9.17, 15) is 22.8 Å². The molecule has 1 amide bonds. The fourth-order valence-electron chi connectivity index (χ4n) is 3.78. The first-order valence-electron chi connectivity index (χ1n) is 9.72. The summed E-state index contributed by atoms with van der Waals surface area (Å²) in [6.07, 6.45) is -1.19. The molecule has 158 valence electrons. The lowest BCUT2D eigenvalue weighted by atomic mass is 10.0. The fraction of sp³-hybridized carbons (Fsp3) is 0.381. The molecule has 5 nitrogen and oxygen atoms in total. The second-order valence-electron chi connectivity index (χ2n) is 7.46. The van der Waals surface area contributed by atoms with E-state index in [4.69, 9.17) is 0 Å². The van der Waals surface area contributed by atoms with Gasteiger partial charge >= 0.3 is 6.18 Å². The number of hydrogen-bond acceptors (Lipinski definition) is 4. The number of hydrogen-bond donors (Lipinski definition) is 2. The number of nitrogens with zero attached hydrogens (tertiary/aromatic N) is 1. The van der Waals surface area contributed by atoms with Crippen molar-refractivity contribution in [2.24, 2.45) is 0 Å². The Labute approximate surface area is 174 Å². The van der Waals surface area contributed by atoms with E-state index in [1.54, 1.807) is 13.0 Å². The first-order valence-corrected chi connectivity index (χ1v) is 10.5. The van der Waals surface area contributed by atoms with Crippen molar-refractivity contribution < 1.29 is 18.0 Å². The third-order valence-electron chi connectivity index (χ3n) is 5.30. The minimum Gasteiger partial charge on any atom is -0.350 e. The molecule has 0 radical (unpaired) electrons. The van der Waals surface area contributed by atoms with Gasteiger partial charge in [-0.15, -0.1) is 11.3 Å². The predicted octanol–water partition coefficient (Wildman–Crippen LogP) is 4.30. The van der Waals surface area contributed by atoms with Crippen molar-refractivity contribution in [1.82, 2.24) is 15.3 Å². The Bertz CT molecular complexity index is 1170. The number of fused-ring (bicyclic) bond motifs is 3. The van der Waals surface area contributed by atoms with Crippen molar-refractivity contribution >= 4 is 27.5 Å². The summed E-state index contributed by atoms with van der Waals surface area (Å²) in [5.41, 5.74) is 0.549. The molecule has 30 heavy (non-hydrogen) atoms. The SMILES string of the molecule is CC(NC(=O)CCc1nc2sc3c(c2c(=O)[nH]1)CCC3)c1cccc(C(F)(F)F)c1. The minimum atomic E-state index is -4.43. The minimum absolute atomic E-state index is 0.0723. The molecule has 0 aliphatic heterocycles. The Morgan fingerprint density at radius 2 is 2.13 bits per heavy atom. The summed E-state index contributed by atoms with van der Waals surface area (Å²) in [6.45, 7) is 1.63. The van der Waals surface area contributed by atoms with E-state index >= 15 is 0 Å². The van der Waals surface area contributed by atoms with E-state index in [0.717, 1.165) is 37.0 Å². The van der Waals surface area contributed by atoms with Gasteiger partial charge in [0.25, 0.3) is 5.56 Å². The van der Waals surface area contributed by atoms with E-state index in [1.807, 2.05) is 0 Å². The largest absolute Gasteiger partial charge is 0.416 e. The highest BCUT2D eigenvalue weighted by Crippen LogP contribution is 2.34. The van der Waals surface area contributed by atoms with Gasteiger partial charge in [0.1, 0.15) is 10.7 Å². The zero-order valence-electron chi connectivity index (χ0n) is 16.2. The predicted molar refractivity (Wildman–Crippen MR) is 109 cm³/mol. The van der Waals surface area contributed by atoms with Crippen LogP contribution < -0.4 is 10.9 Å². The summed E-state index contributed by atoms with van der Waals surface area (Å²) >= 11 is 1.54. The highest BCUT2D eigenvalue weighted by atomic mass is 32.1. The first kappa shape index (κ1) is 20.6.